The molecule has 13 nitrogen and oxygen atoms in total. The lowest BCUT2D eigenvalue weighted by Gasteiger charge is -2.44. The fourth-order valence-electron chi connectivity index (χ4n) is 2.91. The smallest absolute Gasteiger partial charge is 0.364 e. The minimum atomic E-state index is -2.79. The highest BCUT2D eigenvalue weighted by atomic mass is 16.7. The molecule has 13 heteroatoms. The van der Waals surface area contributed by atoms with E-state index in [4.69, 9.17) is 20.3 Å². The molecule has 29 heavy (non-hydrogen) atoms. The number of carboxylic acid groups (broad SMARTS) is 1. The van der Waals surface area contributed by atoms with Crippen molar-refractivity contribution < 1.29 is 54.5 Å². The lowest BCUT2D eigenvalue weighted by molar-refractivity contribution is -0.297. The molecule has 0 saturated carbocycles. The van der Waals surface area contributed by atoms with Crippen molar-refractivity contribution >= 4 is 17.8 Å². The Hall–Kier alpha value is -1.87. The zero-order valence-electron chi connectivity index (χ0n) is 16.0. The number of aliphatic carboxylic acids is 1. The van der Waals surface area contributed by atoms with Gasteiger partial charge in [-0.3, -0.25) is 9.59 Å². The Morgan fingerprint density at radius 3 is 2.38 bits per heavy atom. The first-order valence-corrected chi connectivity index (χ1v) is 8.83. The molecule has 1 rings (SSSR count). The number of carbonyl (C=O) groups excluding carboxylic acids is 2. The highest BCUT2D eigenvalue weighted by Gasteiger charge is 2.53. The molecule has 1 heterocycles. The van der Waals surface area contributed by atoms with Gasteiger partial charge in [-0.25, -0.2) is 4.79 Å². The second-order valence-electron chi connectivity index (χ2n) is 7.03. The maximum atomic E-state index is 11.6. The third-order valence-electron chi connectivity index (χ3n) is 4.47. The average Bonchev–Trinajstić information content (AvgIpc) is 2.57. The summed E-state index contributed by atoms with van der Waals surface area (Å²) in [5.74, 6) is -7.53. The number of hydrogen-bond donors (Lipinski definition) is 8. The number of aliphatic hydroxyl groups is 5. The Labute approximate surface area is 166 Å². The molecule has 0 aromatic rings. The Morgan fingerprint density at radius 1 is 1.31 bits per heavy atom. The van der Waals surface area contributed by atoms with Crippen molar-refractivity contribution in [3.8, 4) is 0 Å². The number of hydrogen-bond acceptors (Lipinski definition) is 11. The van der Waals surface area contributed by atoms with E-state index < -0.39 is 85.7 Å². The van der Waals surface area contributed by atoms with Gasteiger partial charge in [-0.1, -0.05) is 0 Å². The van der Waals surface area contributed by atoms with Gasteiger partial charge in [0.25, 0.3) is 5.79 Å². The summed E-state index contributed by atoms with van der Waals surface area (Å²) in [6, 6.07) is -1.35. The largest absolute Gasteiger partial charge is 0.477 e. The average molecular weight is 424 g/mol. The van der Waals surface area contributed by atoms with E-state index in [0.717, 1.165) is 6.92 Å². The summed E-state index contributed by atoms with van der Waals surface area (Å²) in [6.45, 7) is 1.74. The number of aliphatic hydroxyl groups excluding tert-OH is 4. The van der Waals surface area contributed by atoms with Crippen LogP contribution in [-0.4, -0.2) is 97.6 Å². The molecule has 0 aromatic heterocycles. The molecular weight excluding hydrogens is 396 g/mol. The first-order valence-electron chi connectivity index (χ1n) is 8.83. The van der Waals surface area contributed by atoms with Gasteiger partial charge < -0.3 is 51.2 Å². The van der Waals surface area contributed by atoms with E-state index in [9.17, 15) is 39.9 Å². The number of nitrogens with two attached hydrogens (primary N) is 1. The van der Waals surface area contributed by atoms with Crippen LogP contribution in [0.5, 0.6) is 0 Å². The predicted molar refractivity (Wildman–Crippen MR) is 92.6 cm³/mol. The van der Waals surface area contributed by atoms with Gasteiger partial charge in [0.2, 0.25) is 5.91 Å². The lowest BCUT2D eigenvalue weighted by Crippen LogP contribution is -2.61. The van der Waals surface area contributed by atoms with E-state index >= 15 is 0 Å². The Balaban J connectivity index is 2.89. The highest BCUT2D eigenvalue weighted by Crippen LogP contribution is 2.35. The highest BCUT2D eigenvalue weighted by molar-refractivity contribution is 5.76. The normalized spacial score (nSPS) is 31.2. The zero-order chi connectivity index (χ0) is 22.5. The van der Waals surface area contributed by atoms with Crippen LogP contribution in [0, 0.1) is 5.92 Å². The molecule has 4 unspecified atom stereocenters. The minimum Gasteiger partial charge on any atom is -0.477 e. The second kappa shape index (κ2) is 10.2. The SMILES string of the molecule is CC(=O)N[C@@H](O)C1C(O)CC(O)(C(=O)O)OC1C[C@H](O)COC(=O)[C@H](N)[C@H](C)O. The summed E-state index contributed by atoms with van der Waals surface area (Å²) < 4.78 is 9.86. The molecule has 1 aliphatic heterocycles. The molecule has 0 aromatic carbocycles. The van der Waals surface area contributed by atoms with E-state index in [2.05, 4.69) is 5.32 Å². The molecule has 8 atom stereocenters. The van der Waals surface area contributed by atoms with Crippen LogP contribution in [0.4, 0.5) is 0 Å². The molecule has 1 fully saturated rings. The van der Waals surface area contributed by atoms with Crippen molar-refractivity contribution in [2.75, 3.05) is 6.61 Å². The number of amides is 1. The number of esters is 1. The maximum absolute atomic E-state index is 11.6. The van der Waals surface area contributed by atoms with Crippen molar-refractivity contribution in [3.05, 3.63) is 0 Å². The van der Waals surface area contributed by atoms with Crippen LogP contribution in [0.2, 0.25) is 0 Å². The van der Waals surface area contributed by atoms with Crippen LogP contribution >= 0.6 is 0 Å². The Bertz CT molecular complexity index is 601. The number of carbonyl (C=O) groups is 3. The van der Waals surface area contributed by atoms with E-state index in [0.29, 0.717) is 0 Å². The number of nitrogens with one attached hydrogen (secondary N) is 1. The summed E-state index contributed by atoms with van der Waals surface area (Å²) in [5.41, 5.74) is 5.39. The van der Waals surface area contributed by atoms with Crippen molar-refractivity contribution in [3.63, 3.8) is 0 Å². The topological polar surface area (TPSA) is 229 Å². The van der Waals surface area contributed by atoms with Gasteiger partial charge in [-0.2, -0.15) is 0 Å². The Kier molecular flexibility index (Phi) is 8.89. The van der Waals surface area contributed by atoms with Gasteiger partial charge >= 0.3 is 11.9 Å². The number of rotatable bonds is 9. The van der Waals surface area contributed by atoms with Gasteiger partial charge in [0.15, 0.2) is 0 Å². The van der Waals surface area contributed by atoms with Crippen LogP contribution in [0.25, 0.3) is 0 Å². The van der Waals surface area contributed by atoms with E-state index in [1.54, 1.807) is 0 Å². The van der Waals surface area contributed by atoms with Crippen molar-refractivity contribution in [1.82, 2.24) is 5.32 Å². The standard InChI is InChI=1S/C16H28N2O11/c1-6(19)12(17)14(24)28-5-8(21)3-10-11(13(23)18-7(2)20)9(22)4-16(27,29-10)15(25)26/h6,8-13,19,21-23,27H,3-5,17H2,1-2H3,(H,18,20)(H,25,26)/t6-,8-,9?,10?,11?,12+,13-,16?/m0/s1. The van der Waals surface area contributed by atoms with Gasteiger partial charge in [-0.15, -0.1) is 0 Å². The first kappa shape index (κ1) is 25.2. The van der Waals surface area contributed by atoms with Crippen molar-refractivity contribution in [2.24, 2.45) is 11.7 Å². The van der Waals surface area contributed by atoms with Crippen LogP contribution < -0.4 is 11.1 Å². The molecule has 0 aliphatic carbocycles. The summed E-state index contributed by atoms with van der Waals surface area (Å²) in [4.78, 5) is 34.1. The summed E-state index contributed by atoms with van der Waals surface area (Å²) in [7, 11) is 0. The van der Waals surface area contributed by atoms with Crippen LogP contribution in [0.3, 0.4) is 0 Å². The molecule has 1 saturated heterocycles. The van der Waals surface area contributed by atoms with Crippen LogP contribution in [0.1, 0.15) is 26.7 Å². The maximum Gasteiger partial charge on any atom is 0.364 e. The van der Waals surface area contributed by atoms with Gasteiger partial charge in [0.1, 0.15) is 18.9 Å². The Morgan fingerprint density at radius 2 is 1.90 bits per heavy atom. The van der Waals surface area contributed by atoms with Crippen LogP contribution in [-0.2, 0) is 23.9 Å². The third-order valence-corrected chi connectivity index (χ3v) is 4.47. The molecule has 1 aliphatic rings. The summed E-state index contributed by atoms with van der Waals surface area (Å²) >= 11 is 0. The molecule has 9 N–H and O–H groups in total. The fourth-order valence-corrected chi connectivity index (χ4v) is 2.91. The monoisotopic (exact) mass is 424 g/mol. The van der Waals surface area contributed by atoms with Crippen LogP contribution in [0.15, 0.2) is 0 Å². The number of ether oxygens (including phenoxy) is 2. The predicted octanol–water partition coefficient (Wildman–Crippen LogP) is -4.02. The van der Waals surface area contributed by atoms with Crippen molar-refractivity contribution in [1.29, 1.82) is 0 Å². The zero-order valence-corrected chi connectivity index (χ0v) is 16.0. The van der Waals surface area contributed by atoms with E-state index in [-0.39, 0.29) is 0 Å². The van der Waals surface area contributed by atoms with Crippen molar-refractivity contribution in [2.45, 2.75) is 69.2 Å². The minimum absolute atomic E-state index is 0.481. The third kappa shape index (κ3) is 6.85. The molecular formula is C16H28N2O11. The fraction of sp³-hybridized carbons (Fsp3) is 0.812. The number of carboxylic acids is 1. The summed E-state index contributed by atoms with van der Waals surface area (Å²) in [5, 5.41) is 61.1. The van der Waals surface area contributed by atoms with E-state index in [1.807, 2.05) is 0 Å². The summed E-state index contributed by atoms with van der Waals surface area (Å²) in [6.07, 6.45) is -8.68. The molecule has 168 valence electrons. The molecule has 1 amide bonds. The second-order valence-corrected chi connectivity index (χ2v) is 7.03. The van der Waals surface area contributed by atoms with Gasteiger partial charge in [0.05, 0.1) is 30.3 Å². The molecule has 0 radical (unpaired) electrons. The van der Waals surface area contributed by atoms with Gasteiger partial charge in [-0.05, 0) is 6.92 Å². The quantitative estimate of drug-likeness (QED) is 0.131. The van der Waals surface area contributed by atoms with E-state index in [1.165, 1.54) is 6.92 Å². The molecule has 0 spiro atoms. The first-order chi connectivity index (χ1) is 13.3. The lowest BCUT2D eigenvalue weighted by atomic mass is 9.83. The van der Waals surface area contributed by atoms with Gasteiger partial charge in [0, 0.05) is 19.8 Å². The molecule has 0 bridgehead atoms.